The van der Waals surface area contributed by atoms with Crippen LogP contribution >= 0.6 is 0 Å². The van der Waals surface area contributed by atoms with E-state index < -0.39 is 14.3 Å². The second-order valence-electron chi connectivity index (χ2n) is 13.3. The van der Waals surface area contributed by atoms with Crippen LogP contribution in [0.5, 0.6) is 0 Å². The summed E-state index contributed by atoms with van der Waals surface area (Å²) < 4.78 is 12.8. The fraction of sp³-hybridized carbons (Fsp3) is 0.889. The molecular weight excluding hydrogens is 416 g/mol. The van der Waals surface area contributed by atoms with E-state index in [0.29, 0.717) is 17.4 Å². The van der Waals surface area contributed by atoms with Gasteiger partial charge >= 0.3 is 5.97 Å². The molecule has 0 spiro atoms. The number of allylic oxidation sites excluding steroid dienone is 1. The maximum atomic E-state index is 11.1. The fourth-order valence-corrected chi connectivity index (χ4v) is 9.11. The zero-order chi connectivity index (χ0) is 23.5. The average molecular weight is 463 g/mol. The largest absolute Gasteiger partial charge is 0.480 e. The lowest BCUT2D eigenvalue weighted by atomic mass is 9.48. The van der Waals surface area contributed by atoms with E-state index in [9.17, 15) is 4.79 Å². The Morgan fingerprint density at radius 3 is 2.50 bits per heavy atom. The zero-order valence-corrected chi connectivity index (χ0v) is 22.5. The minimum atomic E-state index is -1.74. The third kappa shape index (κ3) is 4.05. The Labute approximate surface area is 196 Å². The van der Waals surface area contributed by atoms with Crippen LogP contribution in [0.2, 0.25) is 18.1 Å². The molecule has 4 aliphatic rings. The van der Waals surface area contributed by atoms with Gasteiger partial charge in [-0.1, -0.05) is 46.3 Å². The SMILES string of the molecule is CC(C)(C)[Si](C)(C)OC1CC[C@@]2(C)C(=CC[C@H]3[C@@H]4CC[C@H](OCC(=O)O)[C@@]4(C)CC[C@@H]32)C1. The van der Waals surface area contributed by atoms with Gasteiger partial charge in [-0.3, -0.25) is 0 Å². The van der Waals surface area contributed by atoms with Gasteiger partial charge in [0.2, 0.25) is 0 Å². The first kappa shape index (κ1) is 24.5. The molecule has 0 bridgehead atoms. The van der Waals surface area contributed by atoms with Gasteiger partial charge < -0.3 is 14.3 Å². The number of hydrogen-bond donors (Lipinski definition) is 1. The van der Waals surface area contributed by atoms with E-state index in [2.05, 4.69) is 53.8 Å². The van der Waals surface area contributed by atoms with E-state index >= 15 is 0 Å². The maximum absolute atomic E-state index is 11.1. The van der Waals surface area contributed by atoms with Crippen molar-refractivity contribution in [3.05, 3.63) is 11.6 Å². The van der Waals surface area contributed by atoms with E-state index in [-0.39, 0.29) is 23.2 Å². The predicted molar refractivity (Wildman–Crippen MR) is 131 cm³/mol. The van der Waals surface area contributed by atoms with Crippen molar-refractivity contribution in [1.82, 2.24) is 0 Å². The number of fused-ring (bicyclic) bond motifs is 5. The summed E-state index contributed by atoms with van der Waals surface area (Å²) in [6.07, 6.45) is 12.5. The Bertz CT molecular complexity index is 768. The van der Waals surface area contributed by atoms with Crippen LogP contribution < -0.4 is 0 Å². The van der Waals surface area contributed by atoms with Crippen molar-refractivity contribution in [2.24, 2.45) is 28.6 Å². The number of rotatable bonds is 5. The lowest BCUT2D eigenvalue weighted by molar-refractivity contribution is -0.149. The fourth-order valence-electron chi connectivity index (χ4n) is 7.72. The molecule has 0 radical (unpaired) electrons. The van der Waals surface area contributed by atoms with Crippen LogP contribution in [0.4, 0.5) is 0 Å². The topological polar surface area (TPSA) is 55.8 Å². The van der Waals surface area contributed by atoms with Gasteiger partial charge in [-0.05, 0) is 98.1 Å². The molecule has 0 aromatic carbocycles. The first-order chi connectivity index (χ1) is 14.8. The van der Waals surface area contributed by atoms with E-state index in [1.165, 1.54) is 38.5 Å². The minimum Gasteiger partial charge on any atom is -0.480 e. The van der Waals surface area contributed by atoms with Crippen molar-refractivity contribution in [1.29, 1.82) is 0 Å². The first-order valence-electron chi connectivity index (χ1n) is 13.0. The molecule has 4 rings (SSSR count). The van der Waals surface area contributed by atoms with Crippen LogP contribution in [-0.2, 0) is 14.0 Å². The summed E-state index contributed by atoms with van der Waals surface area (Å²) in [6, 6.07) is 0. The smallest absolute Gasteiger partial charge is 0.329 e. The molecule has 3 saturated carbocycles. The van der Waals surface area contributed by atoms with Crippen LogP contribution in [-0.4, -0.2) is 38.2 Å². The van der Waals surface area contributed by atoms with Gasteiger partial charge in [0, 0.05) is 6.10 Å². The second kappa shape index (κ2) is 8.23. The molecule has 0 aliphatic heterocycles. The highest BCUT2D eigenvalue weighted by atomic mass is 28.4. The van der Waals surface area contributed by atoms with Crippen molar-refractivity contribution < 1.29 is 19.1 Å². The van der Waals surface area contributed by atoms with Crippen LogP contribution in [0, 0.1) is 28.6 Å². The Balaban J connectivity index is 1.49. The predicted octanol–water partition coefficient (Wildman–Crippen LogP) is 6.81. The number of carboxylic acids is 1. The van der Waals surface area contributed by atoms with Crippen LogP contribution in [0.1, 0.15) is 86.0 Å². The Morgan fingerprint density at radius 2 is 1.84 bits per heavy atom. The molecule has 4 nitrogen and oxygen atoms in total. The van der Waals surface area contributed by atoms with Gasteiger partial charge in [0.05, 0.1) is 6.10 Å². The zero-order valence-electron chi connectivity index (χ0n) is 21.5. The average Bonchev–Trinajstić information content (AvgIpc) is 3.02. The molecule has 1 unspecified atom stereocenters. The number of carbonyl (C=O) groups is 1. The summed E-state index contributed by atoms with van der Waals surface area (Å²) >= 11 is 0. The van der Waals surface area contributed by atoms with Crippen molar-refractivity contribution in [3.63, 3.8) is 0 Å². The summed E-state index contributed by atoms with van der Waals surface area (Å²) in [4.78, 5) is 11.1. The number of hydrogen-bond acceptors (Lipinski definition) is 3. The normalized spacial score (nSPS) is 42.0. The third-order valence-corrected chi connectivity index (χ3v) is 15.2. The van der Waals surface area contributed by atoms with Gasteiger partial charge in [0.25, 0.3) is 0 Å². The lowest BCUT2D eigenvalue weighted by Gasteiger charge is -2.58. The first-order valence-corrected chi connectivity index (χ1v) is 15.9. The lowest BCUT2D eigenvalue weighted by Crippen LogP contribution is -2.52. The number of aliphatic carboxylic acids is 1. The van der Waals surface area contributed by atoms with Crippen molar-refractivity contribution in [2.45, 2.75) is 116 Å². The van der Waals surface area contributed by atoms with Gasteiger partial charge in [0.15, 0.2) is 8.32 Å². The molecule has 0 aromatic rings. The van der Waals surface area contributed by atoms with Crippen LogP contribution in [0.15, 0.2) is 11.6 Å². The van der Waals surface area contributed by atoms with Gasteiger partial charge in [0.1, 0.15) is 6.61 Å². The summed E-state index contributed by atoms with van der Waals surface area (Å²) in [5.74, 6) is 1.29. The highest BCUT2D eigenvalue weighted by molar-refractivity contribution is 6.74. The monoisotopic (exact) mass is 462 g/mol. The number of carboxylic acid groups (broad SMARTS) is 1. The Morgan fingerprint density at radius 1 is 1.12 bits per heavy atom. The van der Waals surface area contributed by atoms with Crippen LogP contribution in [0.25, 0.3) is 0 Å². The molecule has 7 atom stereocenters. The van der Waals surface area contributed by atoms with Crippen molar-refractivity contribution in [2.75, 3.05) is 6.61 Å². The molecule has 0 aromatic heterocycles. The summed E-state index contributed by atoms with van der Waals surface area (Å²) in [6.45, 7) is 16.6. The highest BCUT2D eigenvalue weighted by Gasteiger charge is 2.59. The summed E-state index contributed by atoms with van der Waals surface area (Å²) in [5, 5.41) is 9.36. The Hall–Kier alpha value is -0.653. The molecule has 5 heteroatoms. The van der Waals surface area contributed by atoms with Crippen LogP contribution in [0.3, 0.4) is 0 Å². The number of ether oxygens (including phenoxy) is 1. The molecule has 3 fully saturated rings. The molecule has 0 heterocycles. The molecule has 4 aliphatic carbocycles. The molecular formula is C27H46O4Si. The van der Waals surface area contributed by atoms with Gasteiger partial charge in [-0.25, -0.2) is 4.79 Å². The second-order valence-corrected chi connectivity index (χ2v) is 18.1. The molecule has 182 valence electrons. The van der Waals surface area contributed by atoms with Gasteiger partial charge in [-0.15, -0.1) is 0 Å². The maximum Gasteiger partial charge on any atom is 0.329 e. The summed E-state index contributed by atoms with van der Waals surface area (Å²) in [5.41, 5.74) is 2.13. The minimum absolute atomic E-state index is 0.108. The quantitative estimate of drug-likeness (QED) is 0.360. The van der Waals surface area contributed by atoms with Crippen molar-refractivity contribution >= 4 is 14.3 Å². The summed E-state index contributed by atoms with van der Waals surface area (Å²) in [7, 11) is -1.74. The van der Waals surface area contributed by atoms with E-state index in [1.54, 1.807) is 5.57 Å². The van der Waals surface area contributed by atoms with Gasteiger partial charge in [-0.2, -0.15) is 0 Å². The standard InChI is InChI=1S/C27H46O4Si/c1-25(2,3)32(6,7)31-19-12-14-26(4)18(16-19)8-9-20-21-10-11-23(30-17-24(28)29)27(21,5)15-13-22(20)26/h8,19-23H,9-17H2,1-7H3,(H,28,29)/t19?,20-,21-,22-,23-,26-,27-/m0/s1. The Kier molecular flexibility index (Phi) is 6.30. The molecule has 0 amide bonds. The highest BCUT2D eigenvalue weighted by Crippen LogP contribution is 2.65. The van der Waals surface area contributed by atoms with Crippen molar-refractivity contribution in [3.8, 4) is 0 Å². The third-order valence-electron chi connectivity index (χ3n) is 10.6. The molecule has 0 saturated heterocycles. The van der Waals surface area contributed by atoms with E-state index in [1.807, 2.05) is 0 Å². The molecule has 1 N–H and O–H groups in total. The van der Waals surface area contributed by atoms with E-state index in [4.69, 9.17) is 14.3 Å². The molecule has 32 heavy (non-hydrogen) atoms. The van der Waals surface area contributed by atoms with E-state index in [0.717, 1.165) is 24.7 Å².